The number of hydrogen-bond acceptors (Lipinski definition) is 5. The number of nitrogens with two attached hydrogens (primary N) is 1. The summed E-state index contributed by atoms with van der Waals surface area (Å²) in [7, 11) is 0. The van der Waals surface area contributed by atoms with E-state index in [1.165, 1.54) is 18.2 Å². The maximum Gasteiger partial charge on any atom is 0.271 e. The van der Waals surface area contributed by atoms with Crippen LogP contribution in [0, 0.1) is 10.1 Å². The summed E-state index contributed by atoms with van der Waals surface area (Å²) in [6.07, 6.45) is 0. The smallest absolute Gasteiger partial charge is 0.271 e. The van der Waals surface area contributed by atoms with Crippen molar-refractivity contribution in [3.05, 3.63) is 52.6 Å². The zero-order valence-electron chi connectivity index (χ0n) is 10.9. The summed E-state index contributed by atoms with van der Waals surface area (Å²) in [6, 6.07) is 11.2. The molecule has 0 atom stereocenters. The highest BCUT2D eigenvalue weighted by molar-refractivity contribution is 5.59. The second-order valence-corrected chi connectivity index (χ2v) is 3.99. The summed E-state index contributed by atoms with van der Waals surface area (Å²) in [5, 5.41) is 10.6. The summed E-state index contributed by atoms with van der Waals surface area (Å²) >= 11 is 0. The molecule has 2 rings (SSSR count). The van der Waals surface area contributed by atoms with Gasteiger partial charge in [0.2, 0.25) is 0 Å². The largest absolute Gasteiger partial charge is 0.494 e. The molecule has 0 bridgehead atoms. The van der Waals surface area contributed by atoms with Crippen LogP contribution in [0.4, 0.5) is 11.4 Å². The van der Waals surface area contributed by atoms with Gasteiger partial charge < -0.3 is 15.2 Å². The number of nitro benzene ring substituents is 1. The van der Waals surface area contributed by atoms with Crippen LogP contribution in [0.25, 0.3) is 0 Å². The van der Waals surface area contributed by atoms with Gasteiger partial charge in [0.1, 0.15) is 11.5 Å². The van der Waals surface area contributed by atoms with Crippen LogP contribution in [0.1, 0.15) is 6.92 Å². The van der Waals surface area contributed by atoms with Crippen molar-refractivity contribution in [2.24, 2.45) is 0 Å². The summed E-state index contributed by atoms with van der Waals surface area (Å²) in [5.41, 5.74) is 5.88. The SMILES string of the molecule is CCOc1cccc(Oc2ccc([N+](=O)[O-])cc2N)c1. The molecular formula is C14H14N2O4. The molecule has 0 fully saturated rings. The van der Waals surface area contributed by atoms with E-state index in [9.17, 15) is 10.1 Å². The average Bonchev–Trinajstić information content (AvgIpc) is 2.42. The molecule has 2 N–H and O–H groups in total. The van der Waals surface area contributed by atoms with Crippen LogP contribution in [0.3, 0.4) is 0 Å². The van der Waals surface area contributed by atoms with Crippen LogP contribution in [0.5, 0.6) is 17.2 Å². The molecule has 0 radical (unpaired) electrons. The molecule has 0 spiro atoms. The molecule has 104 valence electrons. The Balaban J connectivity index is 2.21. The van der Waals surface area contributed by atoms with Gasteiger partial charge in [-0.3, -0.25) is 10.1 Å². The molecule has 0 aliphatic rings. The van der Waals surface area contributed by atoms with Crippen molar-refractivity contribution in [3.63, 3.8) is 0 Å². The molecule has 0 aliphatic carbocycles. The van der Waals surface area contributed by atoms with Crippen molar-refractivity contribution in [3.8, 4) is 17.2 Å². The van der Waals surface area contributed by atoms with E-state index in [1.54, 1.807) is 18.2 Å². The van der Waals surface area contributed by atoms with Crippen molar-refractivity contribution >= 4 is 11.4 Å². The molecule has 2 aromatic rings. The highest BCUT2D eigenvalue weighted by Crippen LogP contribution is 2.31. The normalized spacial score (nSPS) is 10.1. The predicted octanol–water partition coefficient (Wildman–Crippen LogP) is 3.37. The molecule has 0 aliphatic heterocycles. The number of nitrogen functional groups attached to an aromatic ring is 1. The van der Waals surface area contributed by atoms with Crippen LogP contribution >= 0.6 is 0 Å². The first kappa shape index (κ1) is 13.7. The highest BCUT2D eigenvalue weighted by Gasteiger charge is 2.10. The van der Waals surface area contributed by atoms with E-state index in [0.29, 0.717) is 23.9 Å². The Bertz CT molecular complexity index is 628. The Morgan fingerprint density at radius 2 is 1.95 bits per heavy atom. The third-order valence-electron chi connectivity index (χ3n) is 2.55. The van der Waals surface area contributed by atoms with Crippen molar-refractivity contribution in [2.75, 3.05) is 12.3 Å². The minimum atomic E-state index is -0.504. The van der Waals surface area contributed by atoms with Crippen LogP contribution in [-0.4, -0.2) is 11.5 Å². The molecule has 0 amide bonds. The Morgan fingerprint density at radius 3 is 2.60 bits per heavy atom. The van der Waals surface area contributed by atoms with E-state index in [2.05, 4.69) is 0 Å². The molecule has 0 unspecified atom stereocenters. The first-order valence-corrected chi connectivity index (χ1v) is 6.04. The van der Waals surface area contributed by atoms with Crippen molar-refractivity contribution in [2.45, 2.75) is 6.92 Å². The van der Waals surface area contributed by atoms with Gasteiger partial charge in [0, 0.05) is 18.2 Å². The summed E-state index contributed by atoms with van der Waals surface area (Å²) in [5.74, 6) is 1.60. The topological polar surface area (TPSA) is 87.6 Å². The Kier molecular flexibility index (Phi) is 4.05. The summed E-state index contributed by atoms with van der Waals surface area (Å²) in [4.78, 5) is 10.1. The molecule has 2 aromatic carbocycles. The van der Waals surface area contributed by atoms with Gasteiger partial charge in [0.15, 0.2) is 5.75 Å². The lowest BCUT2D eigenvalue weighted by Crippen LogP contribution is -1.95. The molecule has 0 heterocycles. The monoisotopic (exact) mass is 274 g/mol. The summed E-state index contributed by atoms with van der Waals surface area (Å²) in [6.45, 7) is 2.45. The van der Waals surface area contributed by atoms with E-state index >= 15 is 0 Å². The Hall–Kier alpha value is -2.76. The zero-order chi connectivity index (χ0) is 14.5. The second-order valence-electron chi connectivity index (χ2n) is 3.99. The van der Waals surface area contributed by atoms with Crippen LogP contribution in [-0.2, 0) is 0 Å². The number of nitro groups is 1. The third-order valence-corrected chi connectivity index (χ3v) is 2.55. The van der Waals surface area contributed by atoms with E-state index < -0.39 is 4.92 Å². The lowest BCUT2D eigenvalue weighted by Gasteiger charge is -2.09. The first-order valence-electron chi connectivity index (χ1n) is 6.04. The number of nitrogens with zero attached hydrogens (tertiary/aromatic N) is 1. The fourth-order valence-electron chi connectivity index (χ4n) is 1.66. The molecule has 0 aromatic heterocycles. The van der Waals surface area contributed by atoms with Gasteiger partial charge in [0.05, 0.1) is 17.2 Å². The molecule has 6 heteroatoms. The number of rotatable bonds is 5. The third kappa shape index (κ3) is 3.17. The number of ether oxygens (including phenoxy) is 2. The fraction of sp³-hybridized carbons (Fsp3) is 0.143. The highest BCUT2D eigenvalue weighted by atomic mass is 16.6. The maximum absolute atomic E-state index is 10.6. The van der Waals surface area contributed by atoms with Crippen LogP contribution in [0.2, 0.25) is 0 Å². The van der Waals surface area contributed by atoms with Crippen LogP contribution in [0.15, 0.2) is 42.5 Å². The van der Waals surface area contributed by atoms with Gasteiger partial charge in [0.25, 0.3) is 5.69 Å². The second kappa shape index (κ2) is 5.92. The number of anilines is 1. The minimum absolute atomic E-state index is 0.0714. The van der Waals surface area contributed by atoms with E-state index in [-0.39, 0.29) is 11.4 Å². The minimum Gasteiger partial charge on any atom is -0.494 e. The van der Waals surface area contributed by atoms with Crippen molar-refractivity contribution in [1.29, 1.82) is 0 Å². The first-order chi connectivity index (χ1) is 9.60. The van der Waals surface area contributed by atoms with Gasteiger partial charge in [-0.1, -0.05) is 6.07 Å². The number of non-ortho nitro benzene ring substituents is 1. The van der Waals surface area contributed by atoms with Crippen molar-refractivity contribution in [1.82, 2.24) is 0 Å². The Labute approximate surface area is 115 Å². The molecule has 6 nitrogen and oxygen atoms in total. The van der Waals surface area contributed by atoms with Gasteiger partial charge in [-0.2, -0.15) is 0 Å². The quantitative estimate of drug-likeness (QED) is 0.513. The number of benzene rings is 2. The lowest BCUT2D eigenvalue weighted by molar-refractivity contribution is -0.384. The fourth-order valence-corrected chi connectivity index (χ4v) is 1.66. The Morgan fingerprint density at radius 1 is 1.20 bits per heavy atom. The van der Waals surface area contributed by atoms with E-state index in [1.807, 2.05) is 13.0 Å². The average molecular weight is 274 g/mol. The maximum atomic E-state index is 10.6. The molecular weight excluding hydrogens is 260 g/mol. The molecule has 0 saturated heterocycles. The molecule has 20 heavy (non-hydrogen) atoms. The van der Waals surface area contributed by atoms with Crippen molar-refractivity contribution < 1.29 is 14.4 Å². The lowest BCUT2D eigenvalue weighted by atomic mass is 10.2. The zero-order valence-corrected chi connectivity index (χ0v) is 10.9. The standard InChI is InChI=1S/C14H14N2O4/c1-2-19-11-4-3-5-12(9-11)20-14-7-6-10(16(17)18)8-13(14)15/h3-9H,2,15H2,1H3. The molecule has 0 saturated carbocycles. The number of hydrogen-bond donors (Lipinski definition) is 1. The summed E-state index contributed by atoms with van der Waals surface area (Å²) < 4.78 is 11.0. The van der Waals surface area contributed by atoms with Crippen LogP contribution < -0.4 is 15.2 Å². The van der Waals surface area contributed by atoms with E-state index in [4.69, 9.17) is 15.2 Å². The van der Waals surface area contributed by atoms with E-state index in [0.717, 1.165) is 0 Å². The van der Waals surface area contributed by atoms with Gasteiger partial charge in [-0.05, 0) is 25.1 Å². The predicted molar refractivity (Wildman–Crippen MR) is 75.2 cm³/mol. The van der Waals surface area contributed by atoms with Gasteiger partial charge in [-0.15, -0.1) is 0 Å². The van der Waals surface area contributed by atoms with Gasteiger partial charge >= 0.3 is 0 Å². The van der Waals surface area contributed by atoms with Gasteiger partial charge in [-0.25, -0.2) is 0 Å².